The maximum Gasteiger partial charge on any atom is 0.322 e. The fraction of sp³-hybridized carbons (Fsp3) is 0.556. The summed E-state index contributed by atoms with van der Waals surface area (Å²) in [5.74, 6) is 0.0779. The zero-order valence-electron chi connectivity index (χ0n) is 14.0. The number of urea groups is 1. The summed E-state index contributed by atoms with van der Waals surface area (Å²) in [7, 11) is 0. The summed E-state index contributed by atoms with van der Waals surface area (Å²) < 4.78 is 5.95. The standard InChI is InChI=1S/C18H22ClN3O3/c19-12-4-3-5-13(8-12)20-18(24)22-10-14-9-15(16(11-22)25-14)17(23)21-6-1-2-7-21/h3-5,8,14-16H,1-2,6-7,9-11H2,(H,20,24)/t14-,15+,16-/m1/s1. The number of anilines is 1. The summed E-state index contributed by atoms with van der Waals surface area (Å²) in [5, 5.41) is 3.45. The molecule has 0 radical (unpaired) electrons. The summed E-state index contributed by atoms with van der Waals surface area (Å²) in [5.41, 5.74) is 0.668. The topological polar surface area (TPSA) is 61.9 Å². The second-order valence-corrected chi connectivity index (χ2v) is 7.45. The summed E-state index contributed by atoms with van der Waals surface area (Å²) in [4.78, 5) is 29.0. The fourth-order valence-corrected chi connectivity index (χ4v) is 4.21. The molecule has 1 N–H and O–H groups in total. The van der Waals surface area contributed by atoms with Crippen molar-refractivity contribution in [3.63, 3.8) is 0 Å². The van der Waals surface area contributed by atoms with E-state index in [0.717, 1.165) is 25.9 Å². The number of fused-ring (bicyclic) bond motifs is 2. The van der Waals surface area contributed by atoms with Crippen LogP contribution >= 0.6 is 11.6 Å². The van der Waals surface area contributed by atoms with E-state index in [2.05, 4.69) is 5.32 Å². The largest absolute Gasteiger partial charge is 0.370 e. The third-order valence-corrected chi connectivity index (χ3v) is 5.49. The van der Waals surface area contributed by atoms with E-state index in [4.69, 9.17) is 16.3 Å². The number of hydrogen-bond acceptors (Lipinski definition) is 3. The Morgan fingerprint density at radius 3 is 2.72 bits per heavy atom. The van der Waals surface area contributed by atoms with Gasteiger partial charge in [-0.2, -0.15) is 0 Å². The fourth-order valence-electron chi connectivity index (χ4n) is 4.02. The van der Waals surface area contributed by atoms with Gasteiger partial charge in [0.15, 0.2) is 0 Å². The Labute approximate surface area is 152 Å². The van der Waals surface area contributed by atoms with Crippen molar-refractivity contribution >= 4 is 29.2 Å². The minimum absolute atomic E-state index is 0.0552. The molecule has 134 valence electrons. The van der Waals surface area contributed by atoms with Gasteiger partial charge in [0.05, 0.1) is 18.1 Å². The second-order valence-electron chi connectivity index (χ2n) is 7.02. The molecule has 1 aromatic carbocycles. The summed E-state index contributed by atoms with van der Waals surface area (Å²) in [6.45, 7) is 2.68. The Morgan fingerprint density at radius 1 is 1.16 bits per heavy atom. The summed E-state index contributed by atoms with van der Waals surface area (Å²) >= 11 is 5.96. The molecule has 0 aliphatic carbocycles. The summed E-state index contributed by atoms with van der Waals surface area (Å²) in [6.07, 6.45) is 2.63. The van der Waals surface area contributed by atoms with E-state index in [-0.39, 0.29) is 30.1 Å². The molecular formula is C18H22ClN3O3. The van der Waals surface area contributed by atoms with E-state index in [1.165, 1.54) is 0 Å². The van der Waals surface area contributed by atoms with Crippen molar-refractivity contribution < 1.29 is 14.3 Å². The lowest BCUT2D eigenvalue weighted by molar-refractivity contribution is -0.137. The molecule has 3 fully saturated rings. The molecule has 3 aliphatic heterocycles. The van der Waals surface area contributed by atoms with Crippen LogP contribution in [0.25, 0.3) is 0 Å². The molecule has 6 nitrogen and oxygen atoms in total. The quantitative estimate of drug-likeness (QED) is 0.878. The second kappa shape index (κ2) is 6.84. The minimum atomic E-state index is -0.197. The third kappa shape index (κ3) is 3.46. The molecule has 0 saturated carbocycles. The van der Waals surface area contributed by atoms with Gasteiger partial charge in [0.2, 0.25) is 5.91 Å². The lowest BCUT2D eigenvalue weighted by Gasteiger charge is -2.33. The van der Waals surface area contributed by atoms with Crippen LogP contribution in [0.15, 0.2) is 24.3 Å². The van der Waals surface area contributed by atoms with E-state index in [1.54, 1.807) is 29.2 Å². The van der Waals surface area contributed by atoms with Crippen LogP contribution in [0.3, 0.4) is 0 Å². The van der Waals surface area contributed by atoms with Crippen molar-refractivity contribution in [2.24, 2.45) is 5.92 Å². The van der Waals surface area contributed by atoms with Crippen LogP contribution in [-0.2, 0) is 9.53 Å². The normalized spacial score (nSPS) is 28.3. The smallest absolute Gasteiger partial charge is 0.322 e. The number of likely N-dealkylation sites (tertiary alicyclic amines) is 2. The van der Waals surface area contributed by atoms with Crippen molar-refractivity contribution in [1.82, 2.24) is 9.80 Å². The van der Waals surface area contributed by atoms with Crippen molar-refractivity contribution in [2.75, 3.05) is 31.5 Å². The Morgan fingerprint density at radius 2 is 1.96 bits per heavy atom. The van der Waals surface area contributed by atoms with Gasteiger partial charge in [-0.15, -0.1) is 0 Å². The van der Waals surface area contributed by atoms with Crippen LogP contribution < -0.4 is 5.32 Å². The van der Waals surface area contributed by atoms with Gasteiger partial charge in [-0.25, -0.2) is 4.79 Å². The number of halogens is 1. The predicted octanol–water partition coefficient (Wildman–Crippen LogP) is 2.58. The number of morpholine rings is 1. The molecule has 3 aliphatic rings. The third-order valence-electron chi connectivity index (χ3n) is 5.26. The number of nitrogens with zero attached hydrogens (tertiary/aromatic N) is 2. The Kier molecular flexibility index (Phi) is 4.56. The zero-order chi connectivity index (χ0) is 17.4. The molecule has 2 bridgehead atoms. The number of amides is 3. The molecule has 3 heterocycles. The van der Waals surface area contributed by atoms with Crippen LogP contribution in [0.2, 0.25) is 5.02 Å². The molecule has 25 heavy (non-hydrogen) atoms. The molecule has 4 rings (SSSR count). The highest BCUT2D eigenvalue weighted by Gasteiger charge is 2.47. The maximum atomic E-state index is 12.7. The Hall–Kier alpha value is -1.79. The Bertz CT molecular complexity index is 677. The molecule has 3 amide bonds. The van der Waals surface area contributed by atoms with Gasteiger partial charge < -0.3 is 19.9 Å². The lowest BCUT2D eigenvalue weighted by atomic mass is 9.99. The average molecular weight is 364 g/mol. The van der Waals surface area contributed by atoms with E-state index in [1.807, 2.05) is 4.90 Å². The van der Waals surface area contributed by atoms with Crippen molar-refractivity contribution in [3.05, 3.63) is 29.3 Å². The van der Waals surface area contributed by atoms with Crippen LogP contribution in [-0.4, -0.2) is 60.1 Å². The van der Waals surface area contributed by atoms with Crippen molar-refractivity contribution in [2.45, 2.75) is 31.5 Å². The number of carbonyl (C=O) groups is 2. The van der Waals surface area contributed by atoms with E-state index in [0.29, 0.717) is 30.2 Å². The van der Waals surface area contributed by atoms with Gasteiger partial charge in [-0.05, 0) is 37.5 Å². The van der Waals surface area contributed by atoms with Crippen LogP contribution in [0.4, 0.5) is 10.5 Å². The highest BCUT2D eigenvalue weighted by molar-refractivity contribution is 6.30. The summed E-state index contributed by atoms with van der Waals surface area (Å²) in [6, 6.07) is 6.91. The first kappa shape index (κ1) is 16.7. The number of hydrogen-bond donors (Lipinski definition) is 1. The van der Waals surface area contributed by atoms with Crippen LogP contribution in [0.5, 0.6) is 0 Å². The molecular weight excluding hydrogens is 342 g/mol. The lowest BCUT2D eigenvalue weighted by Crippen LogP contribution is -2.49. The minimum Gasteiger partial charge on any atom is -0.370 e. The molecule has 0 spiro atoms. The molecule has 1 aromatic rings. The van der Waals surface area contributed by atoms with Gasteiger partial charge in [0, 0.05) is 36.9 Å². The van der Waals surface area contributed by atoms with E-state index in [9.17, 15) is 9.59 Å². The molecule has 0 unspecified atom stereocenters. The highest BCUT2D eigenvalue weighted by Crippen LogP contribution is 2.34. The van der Waals surface area contributed by atoms with Gasteiger partial charge in [0.1, 0.15) is 0 Å². The predicted molar refractivity (Wildman–Crippen MR) is 94.6 cm³/mol. The van der Waals surface area contributed by atoms with E-state index < -0.39 is 0 Å². The van der Waals surface area contributed by atoms with Gasteiger partial charge in [-0.3, -0.25) is 4.79 Å². The zero-order valence-corrected chi connectivity index (χ0v) is 14.7. The molecule has 3 atom stereocenters. The first-order valence-electron chi connectivity index (χ1n) is 8.86. The number of benzene rings is 1. The van der Waals surface area contributed by atoms with Crippen molar-refractivity contribution in [1.29, 1.82) is 0 Å². The highest BCUT2D eigenvalue weighted by atomic mass is 35.5. The van der Waals surface area contributed by atoms with Gasteiger partial charge in [-0.1, -0.05) is 17.7 Å². The van der Waals surface area contributed by atoms with Crippen molar-refractivity contribution in [3.8, 4) is 0 Å². The number of carbonyl (C=O) groups excluding carboxylic acids is 2. The average Bonchev–Trinajstić information content (AvgIpc) is 3.22. The number of ether oxygens (including phenoxy) is 1. The first-order chi connectivity index (χ1) is 12.1. The maximum absolute atomic E-state index is 12.7. The van der Waals surface area contributed by atoms with Crippen LogP contribution in [0, 0.1) is 5.92 Å². The first-order valence-corrected chi connectivity index (χ1v) is 9.24. The molecule has 0 aromatic heterocycles. The number of nitrogens with one attached hydrogen (secondary N) is 1. The monoisotopic (exact) mass is 363 g/mol. The van der Waals surface area contributed by atoms with Gasteiger partial charge in [0.25, 0.3) is 0 Å². The number of rotatable bonds is 2. The van der Waals surface area contributed by atoms with Crippen LogP contribution in [0.1, 0.15) is 19.3 Å². The SMILES string of the molecule is O=C(Nc1cccc(Cl)c1)N1C[C@H]2C[C@H](C(=O)N3CCCC3)[C@@H](C1)O2. The molecule has 7 heteroatoms. The van der Waals surface area contributed by atoms with Gasteiger partial charge >= 0.3 is 6.03 Å². The Balaban J connectivity index is 1.39. The molecule has 3 saturated heterocycles. The van der Waals surface area contributed by atoms with E-state index >= 15 is 0 Å².